The number of amides is 1. The summed E-state index contributed by atoms with van der Waals surface area (Å²) in [6.45, 7) is 13.9. The van der Waals surface area contributed by atoms with Gasteiger partial charge in [0.2, 0.25) is 5.91 Å². The number of rotatable bonds is 4. The molecule has 0 saturated carbocycles. The standard InChI is InChI=1S/C14H25N3OS/c1-8(12-10(3)19-11(4)16-12)15-9(2)13(18)17-14(5,6)7/h8-9,15H,1-7H3,(H,17,18). The van der Waals surface area contributed by atoms with Crippen molar-refractivity contribution in [2.24, 2.45) is 0 Å². The number of nitrogens with zero attached hydrogens (tertiary/aromatic N) is 1. The lowest BCUT2D eigenvalue weighted by molar-refractivity contribution is -0.124. The van der Waals surface area contributed by atoms with Crippen LogP contribution in [0.1, 0.15) is 56.2 Å². The topological polar surface area (TPSA) is 54.0 Å². The molecular formula is C14H25N3OS. The SMILES string of the molecule is Cc1nc(C(C)NC(C)C(=O)NC(C)(C)C)c(C)s1. The highest BCUT2D eigenvalue weighted by Crippen LogP contribution is 2.22. The average Bonchev–Trinajstić information content (AvgIpc) is 2.55. The van der Waals surface area contributed by atoms with Crippen LogP contribution < -0.4 is 10.6 Å². The molecule has 0 aliphatic heterocycles. The van der Waals surface area contributed by atoms with Crippen LogP contribution in [0.2, 0.25) is 0 Å². The number of hydrogen-bond donors (Lipinski definition) is 2. The number of carbonyl (C=O) groups excluding carboxylic acids is 1. The molecule has 0 aliphatic carbocycles. The van der Waals surface area contributed by atoms with E-state index in [1.54, 1.807) is 11.3 Å². The molecule has 2 N–H and O–H groups in total. The zero-order valence-corrected chi connectivity index (χ0v) is 13.7. The molecule has 0 radical (unpaired) electrons. The van der Waals surface area contributed by atoms with Crippen molar-refractivity contribution >= 4 is 17.2 Å². The first-order valence-electron chi connectivity index (χ1n) is 6.62. The Bertz CT molecular complexity index is 448. The lowest BCUT2D eigenvalue weighted by atomic mass is 10.1. The van der Waals surface area contributed by atoms with Gasteiger partial charge in [-0.25, -0.2) is 4.98 Å². The van der Waals surface area contributed by atoms with Gasteiger partial charge in [-0.2, -0.15) is 0 Å². The van der Waals surface area contributed by atoms with Gasteiger partial charge in [-0.05, 0) is 48.5 Å². The summed E-state index contributed by atoms with van der Waals surface area (Å²) < 4.78 is 0. The molecule has 108 valence electrons. The summed E-state index contributed by atoms with van der Waals surface area (Å²) in [6.07, 6.45) is 0. The first-order valence-corrected chi connectivity index (χ1v) is 7.44. The minimum atomic E-state index is -0.240. The first-order chi connectivity index (χ1) is 8.60. The predicted molar refractivity (Wildman–Crippen MR) is 80.5 cm³/mol. The van der Waals surface area contributed by atoms with E-state index in [0.29, 0.717) is 0 Å². The van der Waals surface area contributed by atoms with Crippen molar-refractivity contribution in [1.82, 2.24) is 15.6 Å². The number of thiazole rings is 1. The van der Waals surface area contributed by atoms with Crippen LogP contribution >= 0.6 is 11.3 Å². The smallest absolute Gasteiger partial charge is 0.237 e. The van der Waals surface area contributed by atoms with E-state index in [0.717, 1.165) is 10.7 Å². The highest BCUT2D eigenvalue weighted by Gasteiger charge is 2.22. The van der Waals surface area contributed by atoms with E-state index in [1.165, 1.54) is 4.88 Å². The fourth-order valence-corrected chi connectivity index (χ4v) is 2.87. The van der Waals surface area contributed by atoms with Crippen molar-refractivity contribution < 1.29 is 4.79 Å². The number of nitrogens with one attached hydrogen (secondary N) is 2. The molecule has 2 atom stereocenters. The largest absolute Gasteiger partial charge is 0.350 e. The van der Waals surface area contributed by atoms with Crippen LogP contribution in [0.25, 0.3) is 0 Å². The molecule has 1 amide bonds. The fraction of sp³-hybridized carbons (Fsp3) is 0.714. The van der Waals surface area contributed by atoms with Crippen LogP contribution in [0.5, 0.6) is 0 Å². The first kappa shape index (κ1) is 16.1. The van der Waals surface area contributed by atoms with E-state index in [1.807, 2.05) is 41.5 Å². The van der Waals surface area contributed by atoms with Gasteiger partial charge in [-0.3, -0.25) is 10.1 Å². The zero-order valence-electron chi connectivity index (χ0n) is 12.9. The molecule has 0 saturated heterocycles. The number of hydrogen-bond acceptors (Lipinski definition) is 4. The third-order valence-corrected chi connectivity index (χ3v) is 3.64. The van der Waals surface area contributed by atoms with E-state index in [2.05, 4.69) is 22.5 Å². The molecule has 1 aromatic rings. The van der Waals surface area contributed by atoms with Crippen molar-refractivity contribution in [3.05, 3.63) is 15.6 Å². The summed E-state index contributed by atoms with van der Waals surface area (Å²) in [5.74, 6) is 0.0176. The van der Waals surface area contributed by atoms with Crippen molar-refractivity contribution in [2.45, 2.75) is 66.1 Å². The van der Waals surface area contributed by atoms with Gasteiger partial charge in [0, 0.05) is 16.5 Å². The maximum atomic E-state index is 12.0. The maximum absolute atomic E-state index is 12.0. The molecule has 1 heterocycles. The van der Waals surface area contributed by atoms with Gasteiger partial charge < -0.3 is 5.32 Å². The monoisotopic (exact) mass is 283 g/mol. The summed E-state index contributed by atoms with van der Waals surface area (Å²) in [7, 11) is 0. The van der Waals surface area contributed by atoms with Gasteiger partial charge in [0.1, 0.15) is 0 Å². The summed E-state index contributed by atoms with van der Waals surface area (Å²) in [5.41, 5.74) is 0.835. The molecule has 0 aliphatic rings. The highest BCUT2D eigenvalue weighted by molar-refractivity contribution is 7.11. The van der Waals surface area contributed by atoms with Crippen LogP contribution in [0, 0.1) is 13.8 Å². The molecule has 0 spiro atoms. The lowest BCUT2D eigenvalue weighted by Crippen LogP contribution is -2.50. The van der Waals surface area contributed by atoms with Crippen molar-refractivity contribution in [2.75, 3.05) is 0 Å². The summed E-state index contributed by atoms with van der Waals surface area (Å²) in [4.78, 5) is 17.8. The highest BCUT2D eigenvalue weighted by atomic mass is 32.1. The van der Waals surface area contributed by atoms with Gasteiger partial charge >= 0.3 is 0 Å². The quantitative estimate of drug-likeness (QED) is 0.893. The Morgan fingerprint density at radius 1 is 1.26 bits per heavy atom. The molecule has 4 nitrogen and oxygen atoms in total. The minimum absolute atomic E-state index is 0.0176. The zero-order chi connectivity index (χ0) is 14.8. The van der Waals surface area contributed by atoms with E-state index in [-0.39, 0.29) is 23.5 Å². The van der Waals surface area contributed by atoms with Crippen LogP contribution in [0.15, 0.2) is 0 Å². The second-order valence-corrected chi connectivity index (χ2v) is 7.43. The number of carbonyl (C=O) groups is 1. The van der Waals surface area contributed by atoms with Crippen LogP contribution in [-0.2, 0) is 4.79 Å². The second kappa shape index (κ2) is 6.01. The molecule has 0 bridgehead atoms. The lowest BCUT2D eigenvalue weighted by Gasteiger charge is -2.25. The van der Waals surface area contributed by atoms with Crippen molar-refractivity contribution in [1.29, 1.82) is 0 Å². The minimum Gasteiger partial charge on any atom is -0.350 e. The molecule has 1 aromatic heterocycles. The van der Waals surface area contributed by atoms with Gasteiger partial charge in [0.05, 0.1) is 16.7 Å². The number of aromatic nitrogens is 1. The Labute approximate surface area is 120 Å². The van der Waals surface area contributed by atoms with Crippen LogP contribution in [0.3, 0.4) is 0 Å². The van der Waals surface area contributed by atoms with Crippen LogP contribution in [-0.4, -0.2) is 22.5 Å². The Kier molecular flexibility index (Phi) is 5.10. The fourth-order valence-electron chi connectivity index (χ4n) is 1.95. The van der Waals surface area contributed by atoms with Gasteiger partial charge in [-0.15, -0.1) is 11.3 Å². The molecule has 0 fully saturated rings. The third kappa shape index (κ3) is 4.91. The molecule has 2 unspecified atom stereocenters. The van der Waals surface area contributed by atoms with Gasteiger partial charge in [0.15, 0.2) is 0 Å². The van der Waals surface area contributed by atoms with Crippen LogP contribution in [0.4, 0.5) is 0 Å². The van der Waals surface area contributed by atoms with E-state index >= 15 is 0 Å². The normalized spacial score (nSPS) is 15.1. The van der Waals surface area contributed by atoms with E-state index in [9.17, 15) is 4.79 Å². The van der Waals surface area contributed by atoms with E-state index in [4.69, 9.17) is 0 Å². The Balaban J connectivity index is 2.64. The Morgan fingerprint density at radius 3 is 2.26 bits per heavy atom. The summed E-state index contributed by atoms with van der Waals surface area (Å²) in [6, 6.07) is -0.165. The maximum Gasteiger partial charge on any atom is 0.237 e. The molecule has 5 heteroatoms. The predicted octanol–water partition coefficient (Wildman–Crippen LogP) is 2.71. The van der Waals surface area contributed by atoms with Crippen molar-refractivity contribution in [3.63, 3.8) is 0 Å². The van der Waals surface area contributed by atoms with Gasteiger partial charge in [-0.1, -0.05) is 0 Å². The summed E-state index contributed by atoms with van der Waals surface area (Å²) in [5, 5.41) is 7.34. The number of aryl methyl sites for hydroxylation is 2. The molecule has 1 rings (SSSR count). The molecule has 19 heavy (non-hydrogen) atoms. The molecule has 0 aromatic carbocycles. The molecular weight excluding hydrogens is 258 g/mol. The van der Waals surface area contributed by atoms with E-state index < -0.39 is 0 Å². The second-order valence-electron chi connectivity index (χ2n) is 6.02. The average molecular weight is 283 g/mol. The summed E-state index contributed by atoms with van der Waals surface area (Å²) >= 11 is 1.69. The Hall–Kier alpha value is -0.940. The van der Waals surface area contributed by atoms with Crippen molar-refractivity contribution in [3.8, 4) is 0 Å². The van der Waals surface area contributed by atoms with Gasteiger partial charge in [0.25, 0.3) is 0 Å². The third-order valence-electron chi connectivity index (χ3n) is 2.74. The Morgan fingerprint density at radius 2 is 1.84 bits per heavy atom.